The molecule has 188 valence electrons. The molecule has 1 unspecified atom stereocenters. The number of aliphatic imine (C=N–C) groups is 1. The van der Waals surface area contributed by atoms with Crippen LogP contribution in [0, 0.1) is 0 Å². The fourth-order valence-corrected chi connectivity index (χ4v) is 4.51. The van der Waals surface area contributed by atoms with Crippen molar-refractivity contribution in [1.82, 2.24) is 15.6 Å². The van der Waals surface area contributed by atoms with Gasteiger partial charge in [0.2, 0.25) is 0 Å². The maximum absolute atomic E-state index is 12.8. The SMILES string of the molecule is CC[C@H](CC(=O)CNC(=O)c1cncc(CC2=NCC(O)CN2)c1)c1cc(Br)cc(C(C)(C)C)c1. The van der Waals surface area contributed by atoms with Gasteiger partial charge in [0.25, 0.3) is 5.91 Å². The molecule has 8 heteroatoms. The van der Waals surface area contributed by atoms with Gasteiger partial charge in [-0.3, -0.25) is 19.6 Å². The van der Waals surface area contributed by atoms with Gasteiger partial charge in [0, 0.05) is 36.3 Å². The summed E-state index contributed by atoms with van der Waals surface area (Å²) in [7, 11) is 0. The summed E-state index contributed by atoms with van der Waals surface area (Å²) >= 11 is 3.61. The lowest BCUT2D eigenvalue weighted by Gasteiger charge is -2.23. The highest BCUT2D eigenvalue weighted by atomic mass is 79.9. The van der Waals surface area contributed by atoms with Crippen molar-refractivity contribution in [2.75, 3.05) is 19.6 Å². The van der Waals surface area contributed by atoms with Gasteiger partial charge in [0.1, 0.15) is 5.84 Å². The molecule has 0 radical (unpaired) electrons. The van der Waals surface area contributed by atoms with Crippen molar-refractivity contribution in [2.24, 2.45) is 4.99 Å². The van der Waals surface area contributed by atoms with Crippen molar-refractivity contribution in [3.63, 3.8) is 0 Å². The zero-order valence-corrected chi connectivity index (χ0v) is 22.5. The molecule has 0 spiro atoms. The number of nitrogens with one attached hydrogen (secondary N) is 2. The molecule has 3 N–H and O–H groups in total. The van der Waals surface area contributed by atoms with Gasteiger partial charge < -0.3 is 15.7 Å². The van der Waals surface area contributed by atoms with Crippen LogP contribution in [-0.4, -0.2) is 53.4 Å². The van der Waals surface area contributed by atoms with Crippen molar-refractivity contribution < 1.29 is 14.7 Å². The maximum Gasteiger partial charge on any atom is 0.253 e. The van der Waals surface area contributed by atoms with Crippen molar-refractivity contribution in [3.8, 4) is 0 Å². The number of amides is 1. The van der Waals surface area contributed by atoms with E-state index < -0.39 is 6.10 Å². The van der Waals surface area contributed by atoms with Crippen LogP contribution in [-0.2, 0) is 16.6 Å². The van der Waals surface area contributed by atoms with Crippen LogP contribution in [0.1, 0.15) is 73.5 Å². The second-order valence-corrected chi connectivity index (χ2v) is 11.1. The van der Waals surface area contributed by atoms with E-state index in [1.807, 2.05) is 0 Å². The van der Waals surface area contributed by atoms with Gasteiger partial charge in [-0.05, 0) is 52.6 Å². The van der Waals surface area contributed by atoms with Gasteiger partial charge in [-0.25, -0.2) is 0 Å². The third-order valence-electron chi connectivity index (χ3n) is 6.13. The summed E-state index contributed by atoms with van der Waals surface area (Å²) in [5, 5.41) is 15.4. The van der Waals surface area contributed by atoms with Gasteiger partial charge in [-0.1, -0.05) is 49.7 Å². The molecule has 0 saturated carbocycles. The number of aromatic nitrogens is 1. The van der Waals surface area contributed by atoms with Crippen LogP contribution in [0.15, 0.2) is 46.1 Å². The Labute approximate surface area is 216 Å². The number of carbonyl (C=O) groups excluding carboxylic acids is 2. The summed E-state index contributed by atoms with van der Waals surface area (Å²) in [4.78, 5) is 33.9. The summed E-state index contributed by atoms with van der Waals surface area (Å²) < 4.78 is 1.01. The van der Waals surface area contributed by atoms with E-state index in [9.17, 15) is 14.7 Å². The molecule has 2 heterocycles. The average Bonchev–Trinajstić information content (AvgIpc) is 2.81. The Hall–Kier alpha value is -2.58. The monoisotopic (exact) mass is 542 g/mol. The standard InChI is InChI=1S/C27H35BrN4O3/c1-5-18(19-8-21(27(2,3)4)11-22(28)9-19)10-23(33)14-32-26(35)20-6-17(12-29-13-20)7-25-30-15-24(34)16-31-25/h6,8-9,11-13,18,24,34H,5,7,10,14-16H2,1-4H3,(H,30,31)(H,32,35)/t18-/m1/s1. The largest absolute Gasteiger partial charge is 0.389 e. The van der Waals surface area contributed by atoms with Gasteiger partial charge in [0.15, 0.2) is 5.78 Å². The minimum atomic E-state index is -0.470. The van der Waals surface area contributed by atoms with Crippen LogP contribution < -0.4 is 10.6 Å². The van der Waals surface area contributed by atoms with E-state index in [-0.39, 0.29) is 29.6 Å². The predicted molar refractivity (Wildman–Crippen MR) is 142 cm³/mol. The van der Waals surface area contributed by atoms with Crippen molar-refractivity contribution in [3.05, 3.63) is 63.4 Å². The van der Waals surface area contributed by atoms with Gasteiger partial charge >= 0.3 is 0 Å². The molecule has 0 aliphatic carbocycles. The van der Waals surface area contributed by atoms with Crippen molar-refractivity contribution in [1.29, 1.82) is 0 Å². The van der Waals surface area contributed by atoms with E-state index in [0.717, 1.165) is 27.9 Å². The molecule has 1 amide bonds. The van der Waals surface area contributed by atoms with Crippen molar-refractivity contribution in [2.45, 2.75) is 64.4 Å². The lowest BCUT2D eigenvalue weighted by molar-refractivity contribution is -0.118. The second-order valence-electron chi connectivity index (χ2n) is 10.1. The molecule has 7 nitrogen and oxygen atoms in total. The number of hydrogen-bond donors (Lipinski definition) is 3. The first-order valence-corrected chi connectivity index (χ1v) is 12.8. The smallest absolute Gasteiger partial charge is 0.253 e. The Kier molecular flexibility index (Phi) is 9.19. The first-order chi connectivity index (χ1) is 16.5. The normalized spacial score (nSPS) is 16.7. The van der Waals surface area contributed by atoms with E-state index in [1.54, 1.807) is 12.3 Å². The Balaban J connectivity index is 1.58. The molecular formula is C27H35BrN4O3. The molecule has 0 saturated heterocycles. The molecule has 35 heavy (non-hydrogen) atoms. The van der Waals surface area contributed by atoms with Crippen LogP contribution in [0.5, 0.6) is 0 Å². The van der Waals surface area contributed by atoms with Gasteiger partial charge in [0.05, 0.1) is 24.8 Å². The Bertz CT molecular complexity index is 1090. The quantitative estimate of drug-likeness (QED) is 0.445. The zero-order chi connectivity index (χ0) is 25.6. The fraction of sp³-hybridized carbons (Fsp3) is 0.481. The van der Waals surface area contributed by atoms with E-state index >= 15 is 0 Å². The average molecular weight is 544 g/mol. The number of Topliss-reactive ketones (excluding diaryl/α,β-unsaturated/α-hetero) is 1. The molecule has 1 aliphatic rings. The minimum absolute atomic E-state index is 0.00841. The van der Waals surface area contributed by atoms with Crippen LogP contribution in [0.4, 0.5) is 0 Å². The van der Waals surface area contributed by atoms with E-state index in [1.165, 1.54) is 11.8 Å². The third-order valence-corrected chi connectivity index (χ3v) is 6.59. The maximum atomic E-state index is 12.8. The summed E-state index contributed by atoms with van der Waals surface area (Å²) in [6, 6.07) is 8.15. The summed E-state index contributed by atoms with van der Waals surface area (Å²) in [5.74, 6) is 0.515. The third kappa shape index (κ3) is 7.97. The second kappa shape index (κ2) is 11.9. The molecule has 1 aliphatic heterocycles. The number of rotatable bonds is 9. The highest BCUT2D eigenvalue weighted by Gasteiger charge is 2.20. The lowest BCUT2D eigenvalue weighted by Crippen LogP contribution is -2.39. The zero-order valence-electron chi connectivity index (χ0n) is 20.9. The van der Waals surface area contributed by atoms with Gasteiger partial charge in [-0.2, -0.15) is 0 Å². The van der Waals surface area contributed by atoms with E-state index in [4.69, 9.17) is 0 Å². The number of carbonyl (C=O) groups is 2. The molecule has 0 fully saturated rings. The number of aliphatic hydroxyl groups is 1. The Morgan fingerprint density at radius 1 is 1.23 bits per heavy atom. The molecule has 3 rings (SSSR count). The number of nitrogens with zero attached hydrogens (tertiary/aromatic N) is 2. The number of β-amino-alcohol motifs (C(OH)–C–C–N with tert-alkyl or cyclic N) is 1. The van der Waals surface area contributed by atoms with Crippen LogP contribution in [0.3, 0.4) is 0 Å². The summed E-state index contributed by atoms with van der Waals surface area (Å²) in [6.45, 7) is 9.41. The molecular weight excluding hydrogens is 508 g/mol. The summed E-state index contributed by atoms with van der Waals surface area (Å²) in [6.07, 6.45) is 4.41. The highest BCUT2D eigenvalue weighted by Crippen LogP contribution is 2.32. The molecule has 1 aromatic carbocycles. The number of aliphatic hydroxyl groups excluding tert-OH is 1. The number of hydrogen-bond acceptors (Lipinski definition) is 6. The summed E-state index contributed by atoms with van der Waals surface area (Å²) in [5.41, 5.74) is 3.61. The fourth-order valence-electron chi connectivity index (χ4n) is 4.00. The van der Waals surface area contributed by atoms with Gasteiger partial charge in [-0.15, -0.1) is 0 Å². The predicted octanol–water partition coefficient (Wildman–Crippen LogP) is 3.93. The highest BCUT2D eigenvalue weighted by molar-refractivity contribution is 9.10. The Morgan fingerprint density at radius 2 is 2.00 bits per heavy atom. The minimum Gasteiger partial charge on any atom is -0.389 e. The molecule has 2 atom stereocenters. The lowest BCUT2D eigenvalue weighted by atomic mass is 9.83. The molecule has 1 aromatic heterocycles. The number of benzene rings is 1. The topological polar surface area (TPSA) is 104 Å². The van der Waals surface area contributed by atoms with E-state index in [2.05, 4.69) is 82.4 Å². The van der Waals surface area contributed by atoms with E-state index in [0.29, 0.717) is 31.5 Å². The molecule has 0 bridgehead atoms. The van der Waals surface area contributed by atoms with Crippen molar-refractivity contribution >= 4 is 33.5 Å². The Morgan fingerprint density at radius 3 is 2.66 bits per heavy atom. The van der Waals surface area contributed by atoms with Crippen LogP contribution in [0.2, 0.25) is 0 Å². The molecule has 2 aromatic rings. The first-order valence-electron chi connectivity index (χ1n) is 12.0. The number of amidine groups is 1. The first kappa shape index (κ1) is 27.0. The number of halogens is 1. The van der Waals surface area contributed by atoms with Crippen LogP contribution >= 0.6 is 15.9 Å². The number of ketones is 1. The number of pyridine rings is 1. The van der Waals surface area contributed by atoms with Crippen LogP contribution in [0.25, 0.3) is 0 Å².